The number of H-pyrrole nitrogens is 1. The minimum Gasteiger partial charge on any atom is -0.478 e. The molecule has 6 nitrogen and oxygen atoms in total. The van der Waals surface area contributed by atoms with Gasteiger partial charge in [-0.3, -0.25) is 14.6 Å². The number of carboxylic acids is 1. The molecule has 0 spiro atoms. The Hall–Kier alpha value is -2.34. The second-order valence-corrected chi connectivity index (χ2v) is 5.08. The first-order chi connectivity index (χ1) is 9.86. The Kier molecular flexibility index (Phi) is 3.99. The average molecular weight is 290 g/mol. The van der Waals surface area contributed by atoms with Crippen LogP contribution < -0.4 is 5.56 Å². The lowest BCUT2D eigenvalue weighted by atomic mass is 9.96. The van der Waals surface area contributed by atoms with Gasteiger partial charge >= 0.3 is 5.97 Å². The van der Waals surface area contributed by atoms with Crippen LogP contribution in [0, 0.1) is 20.8 Å². The van der Waals surface area contributed by atoms with E-state index in [4.69, 9.17) is 5.11 Å². The van der Waals surface area contributed by atoms with E-state index < -0.39 is 5.97 Å². The van der Waals surface area contributed by atoms with Crippen molar-refractivity contribution in [3.05, 3.63) is 44.7 Å². The third-order valence-corrected chi connectivity index (χ3v) is 3.58. The van der Waals surface area contributed by atoms with Gasteiger partial charge in [0.25, 0.3) is 5.56 Å². The van der Waals surface area contributed by atoms with Gasteiger partial charge in [0, 0.05) is 11.1 Å². The quantitative estimate of drug-likeness (QED) is 0.794. The van der Waals surface area contributed by atoms with Gasteiger partial charge in [-0.15, -0.1) is 0 Å². The standard InChI is InChI=1S/C15H18N2O4/c1-8-6-9(2)12(15(20)21)7-11(8)13-10(3)14(19)17(16-13)4-5-18/h6-7,16,18H,4-5H2,1-3H3,(H,20,21). The Morgan fingerprint density at radius 1 is 1.24 bits per heavy atom. The van der Waals surface area contributed by atoms with Gasteiger partial charge < -0.3 is 10.2 Å². The molecule has 3 N–H and O–H groups in total. The topological polar surface area (TPSA) is 95.3 Å². The molecule has 0 unspecified atom stereocenters. The predicted molar refractivity (Wildman–Crippen MR) is 78.7 cm³/mol. The van der Waals surface area contributed by atoms with Crippen LogP contribution in [0.2, 0.25) is 0 Å². The number of aromatic amines is 1. The SMILES string of the molecule is Cc1cc(C)c(-c2[nH]n(CCO)c(=O)c2C)cc1C(=O)O. The zero-order valence-electron chi connectivity index (χ0n) is 12.2. The first-order valence-corrected chi connectivity index (χ1v) is 6.62. The van der Waals surface area contributed by atoms with Crippen LogP contribution in [0.3, 0.4) is 0 Å². The van der Waals surface area contributed by atoms with Crippen molar-refractivity contribution in [2.75, 3.05) is 6.61 Å². The van der Waals surface area contributed by atoms with E-state index in [2.05, 4.69) is 5.10 Å². The van der Waals surface area contributed by atoms with Crippen LogP contribution in [0.1, 0.15) is 27.0 Å². The summed E-state index contributed by atoms with van der Waals surface area (Å²) in [5.41, 5.74) is 3.35. The van der Waals surface area contributed by atoms with Crippen LogP contribution in [0.25, 0.3) is 11.3 Å². The number of nitrogens with one attached hydrogen (secondary N) is 1. The second-order valence-electron chi connectivity index (χ2n) is 5.08. The van der Waals surface area contributed by atoms with Crippen molar-refractivity contribution in [3.63, 3.8) is 0 Å². The summed E-state index contributed by atoms with van der Waals surface area (Å²) in [4.78, 5) is 23.3. The van der Waals surface area contributed by atoms with Crippen LogP contribution >= 0.6 is 0 Å². The van der Waals surface area contributed by atoms with Gasteiger partial charge in [0.1, 0.15) is 0 Å². The van der Waals surface area contributed by atoms with Crippen molar-refractivity contribution in [1.82, 2.24) is 9.78 Å². The number of aliphatic hydroxyl groups is 1. The predicted octanol–water partition coefficient (Wildman–Crippen LogP) is 1.46. The lowest BCUT2D eigenvalue weighted by Crippen LogP contribution is -2.19. The summed E-state index contributed by atoms with van der Waals surface area (Å²) in [6, 6.07) is 3.37. The van der Waals surface area contributed by atoms with E-state index in [9.17, 15) is 14.7 Å². The van der Waals surface area contributed by atoms with E-state index in [1.54, 1.807) is 26.0 Å². The van der Waals surface area contributed by atoms with Crippen LogP contribution in [-0.4, -0.2) is 32.6 Å². The van der Waals surface area contributed by atoms with E-state index >= 15 is 0 Å². The third-order valence-electron chi connectivity index (χ3n) is 3.58. The highest BCUT2D eigenvalue weighted by molar-refractivity contribution is 5.91. The largest absolute Gasteiger partial charge is 0.478 e. The summed E-state index contributed by atoms with van der Waals surface area (Å²) >= 11 is 0. The fraction of sp³-hybridized carbons (Fsp3) is 0.333. The molecule has 1 aromatic heterocycles. The molecule has 0 bridgehead atoms. The first-order valence-electron chi connectivity index (χ1n) is 6.62. The van der Waals surface area contributed by atoms with Crippen molar-refractivity contribution < 1.29 is 15.0 Å². The summed E-state index contributed by atoms with van der Waals surface area (Å²) in [5, 5.41) is 21.1. The van der Waals surface area contributed by atoms with Gasteiger partial charge in [0.15, 0.2) is 0 Å². The molecule has 0 aliphatic heterocycles. The fourth-order valence-electron chi connectivity index (χ4n) is 2.45. The number of aromatic carboxylic acids is 1. The molecule has 0 fully saturated rings. The minimum atomic E-state index is -0.997. The molecule has 0 aliphatic rings. The van der Waals surface area contributed by atoms with Crippen molar-refractivity contribution in [2.45, 2.75) is 27.3 Å². The number of aliphatic hydroxyl groups excluding tert-OH is 1. The highest BCUT2D eigenvalue weighted by Crippen LogP contribution is 2.26. The minimum absolute atomic E-state index is 0.146. The van der Waals surface area contributed by atoms with E-state index in [1.165, 1.54) is 4.68 Å². The Labute approximate surface area is 121 Å². The number of aromatic nitrogens is 2. The summed E-state index contributed by atoms with van der Waals surface area (Å²) < 4.78 is 1.32. The molecular formula is C15H18N2O4. The summed E-state index contributed by atoms with van der Waals surface area (Å²) in [6.07, 6.45) is 0. The number of carboxylic acid groups (broad SMARTS) is 1. The maximum Gasteiger partial charge on any atom is 0.335 e. The van der Waals surface area contributed by atoms with Gasteiger partial charge in [0.2, 0.25) is 0 Å². The molecule has 0 atom stereocenters. The van der Waals surface area contributed by atoms with E-state index in [1.807, 2.05) is 6.92 Å². The lowest BCUT2D eigenvalue weighted by molar-refractivity contribution is 0.0696. The lowest BCUT2D eigenvalue weighted by Gasteiger charge is -2.09. The Bertz CT molecular complexity index is 756. The highest BCUT2D eigenvalue weighted by atomic mass is 16.4. The van der Waals surface area contributed by atoms with Crippen molar-refractivity contribution in [2.24, 2.45) is 0 Å². The molecule has 6 heteroatoms. The summed E-state index contributed by atoms with van der Waals surface area (Å²) in [7, 11) is 0. The van der Waals surface area contributed by atoms with E-state index in [0.29, 0.717) is 22.4 Å². The zero-order valence-corrected chi connectivity index (χ0v) is 12.2. The van der Waals surface area contributed by atoms with Gasteiger partial charge in [-0.2, -0.15) is 0 Å². The van der Waals surface area contributed by atoms with Gasteiger partial charge in [-0.1, -0.05) is 6.07 Å². The number of hydrogen-bond acceptors (Lipinski definition) is 3. The molecule has 0 radical (unpaired) electrons. The monoisotopic (exact) mass is 290 g/mol. The van der Waals surface area contributed by atoms with Gasteiger partial charge in [-0.05, 0) is 38.0 Å². The number of aryl methyl sites for hydroxylation is 2. The number of benzene rings is 1. The van der Waals surface area contributed by atoms with Gasteiger partial charge in [0.05, 0.1) is 24.4 Å². The molecule has 2 rings (SSSR count). The molecule has 2 aromatic rings. The van der Waals surface area contributed by atoms with Crippen LogP contribution in [-0.2, 0) is 6.54 Å². The molecular weight excluding hydrogens is 272 g/mol. The van der Waals surface area contributed by atoms with Crippen molar-refractivity contribution >= 4 is 5.97 Å². The summed E-state index contributed by atoms with van der Waals surface area (Å²) in [6.45, 7) is 5.33. The molecule has 0 saturated carbocycles. The Balaban J connectivity index is 2.67. The number of rotatable bonds is 4. The average Bonchev–Trinajstić information content (AvgIpc) is 2.67. The molecule has 0 amide bonds. The molecule has 0 saturated heterocycles. The normalized spacial score (nSPS) is 10.9. The Morgan fingerprint density at radius 3 is 2.48 bits per heavy atom. The number of carbonyl (C=O) groups is 1. The number of hydrogen-bond donors (Lipinski definition) is 3. The molecule has 1 aromatic carbocycles. The van der Waals surface area contributed by atoms with Gasteiger partial charge in [-0.25, -0.2) is 4.79 Å². The fourth-order valence-corrected chi connectivity index (χ4v) is 2.45. The molecule has 1 heterocycles. The first kappa shape index (κ1) is 15.1. The van der Waals surface area contributed by atoms with Crippen LogP contribution in [0.5, 0.6) is 0 Å². The maximum atomic E-state index is 12.1. The van der Waals surface area contributed by atoms with Crippen molar-refractivity contribution in [3.8, 4) is 11.3 Å². The summed E-state index contributed by atoms with van der Waals surface area (Å²) in [5.74, 6) is -0.997. The maximum absolute atomic E-state index is 12.1. The van der Waals surface area contributed by atoms with Crippen LogP contribution in [0.4, 0.5) is 0 Å². The number of nitrogens with zero attached hydrogens (tertiary/aromatic N) is 1. The third kappa shape index (κ3) is 2.62. The smallest absolute Gasteiger partial charge is 0.335 e. The van der Waals surface area contributed by atoms with E-state index in [0.717, 1.165) is 5.56 Å². The zero-order chi connectivity index (χ0) is 15.7. The second kappa shape index (κ2) is 5.57. The van der Waals surface area contributed by atoms with Crippen molar-refractivity contribution in [1.29, 1.82) is 0 Å². The van der Waals surface area contributed by atoms with Crippen LogP contribution in [0.15, 0.2) is 16.9 Å². The van der Waals surface area contributed by atoms with E-state index in [-0.39, 0.29) is 24.3 Å². The highest BCUT2D eigenvalue weighted by Gasteiger charge is 2.17. The molecule has 0 aliphatic carbocycles. The molecule has 112 valence electrons. The molecule has 21 heavy (non-hydrogen) atoms. The Morgan fingerprint density at radius 2 is 1.90 bits per heavy atom.